The van der Waals surface area contributed by atoms with Crippen LogP contribution in [0.2, 0.25) is 0 Å². The summed E-state index contributed by atoms with van der Waals surface area (Å²) >= 11 is 0. The van der Waals surface area contributed by atoms with Crippen LogP contribution in [0.4, 0.5) is 0 Å². The molecule has 1 aliphatic rings. The topological polar surface area (TPSA) is 58.3 Å². The number of rotatable bonds is 5. The van der Waals surface area contributed by atoms with E-state index in [2.05, 4.69) is 23.3 Å². The molecule has 2 N–H and O–H groups in total. The Morgan fingerprint density at radius 2 is 1.96 bits per heavy atom. The van der Waals surface area contributed by atoms with Gasteiger partial charge in [-0.1, -0.05) is 42.0 Å². The van der Waals surface area contributed by atoms with Crippen molar-refractivity contribution >= 4 is 0 Å². The quantitative estimate of drug-likeness (QED) is 0.749. The third kappa shape index (κ3) is 3.23. The van der Waals surface area contributed by atoms with E-state index in [4.69, 9.17) is 4.42 Å². The highest BCUT2D eigenvalue weighted by atomic mass is 16.3. The summed E-state index contributed by atoms with van der Waals surface area (Å²) in [5, 5.41) is 14.3. The average Bonchev–Trinajstić information content (AvgIpc) is 3.22. The number of oxazole rings is 1. The molecular weight excluding hydrogens is 312 g/mol. The van der Waals surface area contributed by atoms with Crippen LogP contribution in [0.1, 0.15) is 28.8 Å². The van der Waals surface area contributed by atoms with E-state index in [1.165, 1.54) is 11.1 Å². The fourth-order valence-corrected chi connectivity index (χ4v) is 3.47. The van der Waals surface area contributed by atoms with Gasteiger partial charge in [0.25, 0.3) is 0 Å². The molecule has 128 valence electrons. The van der Waals surface area contributed by atoms with E-state index in [9.17, 15) is 5.11 Å². The van der Waals surface area contributed by atoms with Gasteiger partial charge in [-0.25, -0.2) is 4.98 Å². The van der Waals surface area contributed by atoms with Gasteiger partial charge in [0.15, 0.2) is 0 Å². The van der Waals surface area contributed by atoms with Crippen LogP contribution in [0, 0.1) is 6.92 Å². The van der Waals surface area contributed by atoms with Gasteiger partial charge < -0.3 is 14.8 Å². The normalized spacial score (nSPS) is 19.1. The standard InChI is InChI=1S/C21H22N2O2/c1-15-6-8-17(9-7-15)20-23-18(13-25-20)12-22-14-21(24)11-10-16-4-2-3-5-19(16)21/h2-9,13,22,24H,10-12,14H2,1H3. The Kier molecular flexibility index (Phi) is 4.15. The first-order chi connectivity index (χ1) is 12.1. The van der Waals surface area contributed by atoms with Crippen molar-refractivity contribution in [2.75, 3.05) is 6.54 Å². The number of nitrogens with one attached hydrogen (secondary N) is 1. The predicted octanol–water partition coefficient (Wildman–Crippen LogP) is 3.57. The van der Waals surface area contributed by atoms with Crippen molar-refractivity contribution in [3.63, 3.8) is 0 Å². The van der Waals surface area contributed by atoms with Crippen LogP contribution in [0.25, 0.3) is 11.5 Å². The van der Waals surface area contributed by atoms with E-state index in [1.54, 1.807) is 6.26 Å². The SMILES string of the molecule is Cc1ccc(-c2nc(CNCC3(O)CCc4ccccc43)co2)cc1. The second-order valence-corrected chi connectivity index (χ2v) is 6.80. The lowest BCUT2D eigenvalue weighted by Gasteiger charge is -2.24. The molecule has 1 unspecified atom stereocenters. The molecule has 25 heavy (non-hydrogen) atoms. The van der Waals surface area contributed by atoms with E-state index in [0.29, 0.717) is 19.0 Å². The second kappa shape index (κ2) is 6.47. The van der Waals surface area contributed by atoms with Gasteiger partial charge in [-0.05, 0) is 43.0 Å². The van der Waals surface area contributed by atoms with E-state index < -0.39 is 5.60 Å². The predicted molar refractivity (Wildman–Crippen MR) is 97.0 cm³/mol. The number of nitrogens with zero attached hydrogens (tertiary/aromatic N) is 1. The lowest BCUT2D eigenvalue weighted by Crippen LogP contribution is -2.36. The number of hydrogen-bond acceptors (Lipinski definition) is 4. The monoisotopic (exact) mass is 334 g/mol. The van der Waals surface area contributed by atoms with Crippen molar-refractivity contribution in [3.8, 4) is 11.5 Å². The van der Waals surface area contributed by atoms with Crippen LogP contribution in [-0.2, 0) is 18.6 Å². The van der Waals surface area contributed by atoms with Gasteiger partial charge >= 0.3 is 0 Å². The Balaban J connectivity index is 1.39. The van der Waals surface area contributed by atoms with Crippen molar-refractivity contribution in [2.24, 2.45) is 0 Å². The van der Waals surface area contributed by atoms with Gasteiger partial charge in [0.05, 0.1) is 5.69 Å². The molecule has 0 saturated carbocycles. The molecule has 0 saturated heterocycles. The third-order valence-corrected chi connectivity index (χ3v) is 4.90. The molecule has 4 nitrogen and oxygen atoms in total. The zero-order chi connectivity index (χ0) is 17.3. The van der Waals surface area contributed by atoms with Gasteiger partial charge in [-0.3, -0.25) is 0 Å². The van der Waals surface area contributed by atoms with Crippen LogP contribution in [0.15, 0.2) is 59.2 Å². The molecule has 3 aromatic rings. The number of aliphatic hydroxyl groups is 1. The van der Waals surface area contributed by atoms with Gasteiger partial charge in [-0.15, -0.1) is 0 Å². The van der Waals surface area contributed by atoms with Crippen molar-refractivity contribution < 1.29 is 9.52 Å². The van der Waals surface area contributed by atoms with Crippen LogP contribution >= 0.6 is 0 Å². The summed E-state index contributed by atoms with van der Waals surface area (Å²) in [7, 11) is 0. The molecule has 1 atom stereocenters. The lowest BCUT2D eigenvalue weighted by atomic mass is 9.96. The Hall–Kier alpha value is -2.43. The van der Waals surface area contributed by atoms with Crippen LogP contribution in [0.5, 0.6) is 0 Å². The fraction of sp³-hybridized carbons (Fsp3) is 0.286. The summed E-state index contributed by atoms with van der Waals surface area (Å²) in [5.74, 6) is 0.627. The van der Waals surface area contributed by atoms with Crippen LogP contribution in [0.3, 0.4) is 0 Å². The van der Waals surface area contributed by atoms with Crippen LogP contribution in [-0.4, -0.2) is 16.6 Å². The molecule has 0 fully saturated rings. The Bertz CT molecular complexity index is 870. The van der Waals surface area contributed by atoms with E-state index in [-0.39, 0.29) is 0 Å². The van der Waals surface area contributed by atoms with Crippen molar-refractivity contribution in [2.45, 2.75) is 31.9 Å². The summed E-state index contributed by atoms with van der Waals surface area (Å²) < 4.78 is 5.58. The molecule has 0 aliphatic heterocycles. The third-order valence-electron chi connectivity index (χ3n) is 4.90. The number of aryl methyl sites for hydroxylation is 2. The van der Waals surface area contributed by atoms with Gasteiger partial charge in [-0.2, -0.15) is 0 Å². The minimum absolute atomic E-state index is 0.511. The molecule has 0 bridgehead atoms. The fourth-order valence-electron chi connectivity index (χ4n) is 3.47. The summed E-state index contributed by atoms with van der Waals surface area (Å²) in [6.45, 7) is 3.14. The largest absolute Gasteiger partial charge is 0.444 e. The number of fused-ring (bicyclic) bond motifs is 1. The molecule has 1 aliphatic carbocycles. The molecule has 0 spiro atoms. The highest BCUT2D eigenvalue weighted by Crippen LogP contribution is 2.36. The summed E-state index contributed by atoms with van der Waals surface area (Å²) in [6, 6.07) is 16.2. The maximum absolute atomic E-state index is 10.9. The summed E-state index contributed by atoms with van der Waals surface area (Å²) in [6.07, 6.45) is 3.36. The highest BCUT2D eigenvalue weighted by molar-refractivity contribution is 5.53. The molecule has 4 heteroatoms. The molecule has 1 heterocycles. The zero-order valence-corrected chi connectivity index (χ0v) is 14.3. The average molecular weight is 334 g/mol. The first-order valence-corrected chi connectivity index (χ1v) is 8.67. The van der Waals surface area contributed by atoms with E-state index >= 15 is 0 Å². The Labute approximate surface area is 147 Å². The van der Waals surface area contributed by atoms with Gasteiger partial charge in [0, 0.05) is 18.7 Å². The van der Waals surface area contributed by atoms with Crippen molar-refractivity contribution in [1.29, 1.82) is 0 Å². The smallest absolute Gasteiger partial charge is 0.226 e. The highest BCUT2D eigenvalue weighted by Gasteiger charge is 2.35. The van der Waals surface area contributed by atoms with E-state index in [0.717, 1.165) is 29.7 Å². The lowest BCUT2D eigenvalue weighted by molar-refractivity contribution is 0.0384. The van der Waals surface area contributed by atoms with Crippen molar-refractivity contribution in [3.05, 3.63) is 77.2 Å². The molecule has 2 aromatic carbocycles. The minimum atomic E-state index is -0.792. The van der Waals surface area contributed by atoms with E-state index in [1.807, 2.05) is 42.5 Å². The number of aromatic nitrogens is 1. The van der Waals surface area contributed by atoms with Gasteiger partial charge in [0.2, 0.25) is 5.89 Å². The molecular formula is C21H22N2O2. The Morgan fingerprint density at radius 3 is 2.80 bits per heavy atom. The number of hydrogen-bond donors (Lipinski definition) is 2. The first kappa shape index (κ1) is 16.1. The molecule has 4 rings (SSSR count). The number of benzene rings is 2. The zero-order valence-electron chi connectivity index (χ0n) is 14.3. The second-order valence-electron chi connectivity index (χ2n) is 6.80. The summed E-state index contributed by atoms with van der Waals surface area (Å²) in [5.41, 5.74) is 4.52. The summed E-state index contributed by atoms with van der Waals surface area (Å²) in [4.78, 5) is 4.53. The molecule has 0 radical (unpaired) electrons. The molecule has 1 aromatic heterocycles. The maximum Gasteiger partial charge on any atom is 0.226 e. The van der Waals surface area contributed by atoms with Crippen LogP contribution < -0.4 is 5.32 Å². The minimum Gasteiger partial charge on any atom is -0.444 e. The van der Waals surface area contributed by atoms with Gasteiger partial charge in [0.1, 0.15) is 11.9 Å². The molecule has 0 amide bonds. The Morgan fingerprint density at radius 1 is 1.16 bits per heavy atom. The van der Waals surface area contributed by atoms with Crippen molar-refractivity contribution in [1.82, 2.24) is 10.3 Å². The maximum atomic E-state index is 10.9. The first-order valence-electron chi connectivity index (χ1n) is 8.67.